The zero-order chi connectivity index (χ0) is 9.97. The molecule has 0 spiro atoms. The van der Waals surface area contributed by atoms with Crippen LogP contribution in [0.25, 0.3) is 0 Å². The van der Waals surface area contributed by atoms with Gasteiger partial charge in [0.15, 0.2) is 0 Å². The minimum Gasteiger partial charge on any atom is -0.315 e. The van der Waals surface area contributed by atoms with E-state index >= 15 is 0 Å². The van der Waals surface area contributed by atoms with E-state index in [1.807, 2.05) is 19.1 Å². The van der Waals surface area contributed by atoms with Gasteiger partial charge in [0.05, 0.1) is 16.0 Å². The van der Waals surface area contributed by atoms with E-state index in [4.69, 9.17) is 0 Å². The molecule has 1 aromatic heterocycles. The zero-order valence-corrected chi connectivity index (χ0v) is 9.01. The van der Waals surface area contributed by atoms with Crippen molar-refractivity contribution in [3.63, 3.8) is 0 Å². The first-order chi connectivity index (χ1) is 6.77. The second-order valence-corrected chi connectivity index (χ2v) is 5.27. The van der Waals surface area contributed by atoms with E-state index in [1.165, 1.54) is 0 Å². The van der Waals surface area contributed by atoms with E-state index in [0.717, 1.165) is 25.1 Å². The molecule has 1 N–H and O–H groups in total. The highest BCUT2D eigenvalue weighted by Crippen LogP contribution is 2.14. The van der Waals surface area contributed by atoms with E-state index in [0.29, 0.717) is 5.03 Å². The quantitative estimate of drug-likeness (QED) is 0.787. The Hall–Kier alpha value is -0.740. The molecule has 2 rings (SSSR count). The molecule has 1 saturated heterocycles. The Kier molecular flexibility index (Phi) is 2.93. The van der Waals surface area contributed by atoms with Gasteiger partial charge in [-0.2, -0.15) is 0 Å². The van der Waals surface area contributed by atoms with Crippen molar-refractivity contribution >= 4 is 10.8 Å². The maximum absolute atomic E-state index is 12.0. The van der Waals surface area contributed by atoms with Crippen molar-refractivity contribution in [1.82, 2.24) is 10.3 Å². The predicted octanol–water partition coefficient (Wildman–Crippen LogP) is 0.860. The molecule has 3 nitrogen and oxygen atoms in total. The minimum atomic E-state index is -0.941. The Balaban J connectivity index is 2.14. The Morgan fingerprint density at radius 3 is 3.00 bits per heavy atom. The highest BCUT2D eigenvalue weighted by Gasteiger charge is 2.22. The van der Waals surface area contributed by atoms with Gasteiger partial charge in [-0.3, -0.25) is 4.21 Å². The summed E-state index contributed by atoms with van der Waals surface area (Å²) in [5.74, 6) is 0. The normalized spacial score (nSPS) is 23.6. The van der Waals surface area contributed by atoms with E-state index in [-0.39, 0.29) is 5.25 Å². The van der Waals surface area contributed by atoms with Crippen molar-refractivity contribution in [3.05, 3.63) is 23.9 Å². The maximum Gasteiger partial charge on any atom is 0.127 e. The molecule has 0 amide bonds. The molecule has 0 aliphatic carbocycles. The first-order valence-corrected chi connectivity index (χ1v) is 6.02. The Labute approximate surface area is 86.4 Å². The molecule has 2 heterocycles. The van der Waals surface area contributed by atoms with Gasteiger partial charge >= 0.3 is 0 Å². The Morgan fingerprint density at radius 2 is 2.43 bits per heavy atom. The highest BCUT2D eigenvalue weighted by atomic mass is 32.2. The van der Waals surface area contributed by atoms with Crippen LogP contribution in [0.3, 0.4) is 0 Å². The fraction of sp³-hybridized carbons (Fsp3) is 0.500. The van der Waals surface area contributed by atoms with Crippen LogP contribution in [0.2, 0.25) is 0 Å². The molecule has 0 saturated carbocycles. The molecule has 0 aromatic carbocycles. The van der Waals surface area contributed by atoms with Crippen LogP contribution < -0.4 is 5.32 Å². The largest absolute Gasteiger partial charge is 0.315 e. The molecule has 1 fully saturated rings. The molecule has 1 aliphatic heterocycles. The van der Waals surface area contributed by atoms with Gasteiger partial charge in [0.25, 0.3) is 0 Å². The lowest BCUT2D eigenvalue weighted by Crippen LogP contribution is -2.19. The molecule has 1 aromatic rings. The Bertz CT molecular complexity index is 330. The number of rotatable bonds is 2. The molecule has 0 unspecified atom stereocenters. The smallest absolute Gasteiger partial charge is 0.127 e. The first-order valence-electron chi connectivity index (χ1n) is 4.81. The van der Waals surface area contributed by atoms with Crippen molar-refractivity contribution in [2.75, 3.05) is 13.1 Å². The van der Waals surface area contributed by atoms with E-state index in [1.54, 1.807) is 6.20 Å². The van der Waals surface area contributed by atoms with Gasteiger partial charge in [-0.15, -0.1) is 0 Å². The molecule has 14 heavy (non-hydrogen) atoms. The summed E-state index contributed by atoms with van der Waals surface area (Å²) in [7, 11) is -0.941. The average Bonchev–Trinajstić information content (AvgIpc) is 2.71. The summed E-state index contributed by atoms with van der Waals surface area (Å²) in [6.07, 6.45) is 2.76. The number of hydrogen-bond donors (Lipinski definition) is 1. The van der Waals surface area contributed by atoms with Gasteiger partial charge in [0.2, 0.25) is 0 Å². The lowest BCUT2D eigenvalue weighted by Gasteiger charge is -2.07. The van der Waals surface area contributed by atoms with E-state index in [2.05, 4.69) is 10.3 Å². The van der Waals surface area contributed by atoms with Crippen LogP contribution in [-0.4, -0.2) is 27.5 Å². The van der Waals surface area contributed by atoms with Gasteiger partial charge in [-0.25, -0.2) is 4.98 Å². The molecule has 2 atom stereocenters. The summed E-state index contributed by atoms with van der Waals surface area (Å²) in [5, 5.41) is 4.17. The lowest BCUT2D eigenvalue weighted by atomic mass is 10.3. The number of hydrogen-bond acceptors (Lipinski definition) is 3. The molecule has 0 bridgehead atoms. The molecular weight excluding hydrogens is 196 g/mol. The fourth-order valence-corrected chi connectivity index (χ4v) is 2.86. The van der Waals surface area contributed by atoms with Crippen LogP contribution in [0, 0.1) is 6.92 Å². The van der Waals surface area contributed by atoms with Crippen LogP contribution in [0.4, 0.5) is 0 Å². The van der Waals surface area contributed by atoms with Gasteiger partial charge in [0, 0.05) is 12.7 Å². The number of nitrogens with one attached hydrogen (secondary N) is 1. The minimum absolute atomic E-state index is 0.241. The number of pyridine rings is 1. The van der Waals surface area contributed by atoms with Gasteiger partial charge in [-0.1, -0.05) is 6.07 Å². The molecule has 0 radical (unpaired) electrons. The summed E-state index contributed by atoms with van der Waals surface area (Å²) in [4.78, 5) is 4.19. The second kappa shape index (κ2) is 4.19. The van der Waals surface area contributed by atoms with E-state index < -0.39 is 10.8 Å². The molecular formula is C10H14N2OS. The summed E-state index contributed by atoms with van der Waals surface area (Å²) >= 11 is 0. The average molecular weight is 210 g/mol. The van der Waals surface area contributed by atoms with Crippen LogP contribution >= 0.6 is 0 Å². The summed E-state index contributed by atoms with van der Waals surface area (Å²) < 4.78 is 12.0. The summed E-state index contributed by atoms with van der Waals surface area (Å²) in [6, 6.07) is 3.83. The van der Waals surface area contributed by atoms with Gasteiger partial charge in [0.1, 0.15) is 5.03 Å². The van der Waals surface area contributed by atoms with Crippen LogP contribution in [0.1, 0.15) is 12.0 Å². The third kappa shape index (κ3) is 2.01. The number of aromatic nitrogens is 1. The summed E-state index contributed by atoms with van der Waals surface area (Å²) in [6.45, 7) is 3.81. The first kappa shape index (κ1) is 9.80. The summed E-state index contributed by atoms with van der Waals surface area (Å²) in [5.41, 5.74) is 1.11. The van der Waals surface area contributed by atoms with Crippen molar-refractivity contribution in [3.8, 4) is 0 Å². The Morgan fingerprint density at radius 1 is 1.57 bits per heavy atom. The van der Waals surface area contributed by atoms with E-state index in [9.17, 15) is 4.21 Å². The highest BCUT2D eigenvalue weighted by molar-refractivity contribution is 7.85. The topological polar surface area (TPSA) is 42.0 Å². The third-order valence-corrected chi connectivity index (χ3v) is 4.07. The van der Waals surface area contributed by atoms with Crippen molar-refractivity contribution < 1.29 is 4.21 Å². The third-order valence-electron chi connectivity index (χ3n) is 2.41. The predicted molar refractivity (Wildman–Crippen MR) is 56.7 cm³/mol. The zero-order valence-electron chi connectivity index (χ0n) is 8.19. The molecule has 4 heteroatoms. The van der Waals surface area contributed by atoms with Crippen molar-refractivity contribution in [1.29, 1.82) is 0 Å². The van der Waals surface area contributed by atoms with Gasteiger partial charge in [-0.05, 0) is 31.5 Å². The monoisotopic (exact) mass is 210 g/mol. The second-order valence-electron chi connectivity index (χ2n) is 3.59. The van der Waals surface area contributed by atoms with Gasteiger partial charge < -0.3 is 5.32 Å². The standard InChI is InChI=1S/C10H14N2OS/c1-8-2-3-10(12-6-8)14(13)9-4-5-11-7-9/h2-3,6,9,11H,4-5,7H2,1H3/t9-,14+/m1/s1. The lowest BCUT2D eigenvalue weighted by molar-refractivity contribution is 0.669. The maximum atomic E-state index is 12.0. The number of aryl methyl sites for hydroxylation is 1. The SMILES string of the molecule is Cc1ccc([S@@](=O)[C@@H]2CCNC2)nc1. The van der Waals surface area contributed by atoms with Crippen LogP contribution in [0.15, 0.2) is 23.4 Å². The fourth-order valence-electron chi connectivity index (χ4n) is 1.55. The van der Waals surface area contributed by atoms with Crippen molar-refractivity contribution in [2.24, 2.45) is 0 Å². The van der Waals surface area contributed by atoms with Crippen LogP contribution in [0.5, 0.6) is 0 Å². The molecule has 1 aliphatic rings. The number of nitrogens with zero attached hydrogens (tertiary/aromatic N) is 1. The molecule has 76 valence electrons. The van der Waals surface area contributed by atoms with Crippen LogP contribution in [-0.2, 0) is 10.8 Å². The van der Waals surface area contributed by atoms with Crippen molar-refractivity contribution in [2.45, 2.75) is 23.6 Å².